The van der Waals surface area contributed by atoms with Gasteiger partial charge in [0.15, 0.2) is 0 Å². The van der Waals surface area contributed by atoms with E-state index in [9.17, 15) is 17.6 Å². The number of nitrogens with zero attached hydrogens (tertiary/aromatic N) is 2. The van der Waals surface area contributed by atoms with E-state index in [0.29, 0.717) is 26.2 Å². The van der Waals surface area contributed by atoms with Crippen LogP contribution in [0.3, 0.4) is 0 Å². The molecule has 0 aromatic heterocycles. The van der Waals surface area contributed by atoms with Crippen LogP contribution in [-0.4, -0.2) is 63.3 Å². The first kappa shape index (κ1) is 19.3. The number of carbonyl (C=O) groups is 1. The van der Waals surface area contributed by atoms with Crippen LogP contribution in [0.15, 0.2) is 23.1 Å². The number of hydrogen-bond acceptors (Lipinski definition) is 4. The molecule has 1 amide bonds. The zero-order chi connectivity index (χ0) is 18.7. The minimum absolute atomic E-state index is 0.0578. The Morgan fingerprint density at radius 2 is 1.96 bits per heavy atom. The number of carbonyl (C=O) groups excluding carboxylic acids is 1. The predicted octanol–water partition coefficient (Wildman–Crippen LogP) is 1.68. The van der Waals surface area contributed by atoms with Gasteiger partial charge in [0, 0.05) is 26.2 Å². The molecule has 1 unspecified atom stereocenters. The Kier molecular flexibility index (Phi) is 5.94. The van der Waals surface area contributed by atoms with Gasteiger partial charge in [0.05, 0.1) is 10.5 Å². The monoisotopic (exact) mass is 383 g/mol. The summed E-state index contributed by atoms with van der Waals surface area (Å²) >= 11 is 0. The SMILES string of the molecule is CNCC1CCCN(S(=O)(=O)c2ccc(C(=O)N3CCCC3)c(F)c2)C1. The van der Waals surface area contributed by atoms with Gasteiger partial charge in [-0.3, -0.25) is 4.79 Å². The average molecular weight is 383 g/mol. The maximum Gasteiger partial charge on any atom is 0.256 e. The minimum Gasteiger partial charge on any atom is -0.339 e. The number of likely N-dealkylation sites (tertiary alicyclic amines) is 1. The molecule has 0 saturated carbocycles. The molecule has 1 aromatic rings. The van der Waals surface area contributed by atoms with Crippen molar-refractivity contribution < 1.29 is 17.6 Å². The molecular formula is C18H26FN3O3S. The Hall–Kier alpha value is -1.51. The summed E-state index contributed by atoms with van der Waals surface area (Å²) in [7, 11) is -1.91. The highest BCUT2D eigenvalue weighted by molar-refractivity contribution is 7.89. The molecule has 2 aliphatic heterocycles. The molecule has 0 aliphatic carbocycles. The van der Waals surface area contributed by atoms with Crippen molar-refractivity contribution in [2.75, 3.05) is 39.8 Å². The normalized spacial score (nSPS) is 21.9. The number of amides is 1. The Bertz CT molecular complexity index is 761. The van der Waals surface area contributed by atoms with Crippen LogP contribution in [0, 0.1) is 11.7 Å². The van der Waals surface area contributed by atoms with E-state index in [1.54, 1.807) is 4.90 Å². The summed E-state index contributed by atoms with van der Waals surface area (Å²) in [5.74, 6) is -0.882. The number of benzene rings is 1. The molecule has 144 valence electrons. The molecular weight excluding hydrogens is 357 g/mol. The minimum atomic E-state index is -3.76. The van der Waals surface area contributed by atoms with E-state index in [1.165, 1.54) is 16.4 Å². The second kappa shape index (κ2) is 8.02. The van der Waals surface area contributed by atoms with Gasteiger partial charge in [-0.2, -0.15) is 4.31 Å². The van der Waals surface area contributed by atoms with Crippen molar-refractivity contribution in [3.05, 3.63) is 29.6 Å². The van der Waals surface area contributed by atoms with Gasteiger partial charge in [-0.05, 0) is 63.4 Å². The second-order valence-corrected chi connectivity index (χ2v) is 9.01. The molecule has 0 bridgehead atoms. The Balaban J connectivity index is 1.80. The molecule has 2 fully saturated rings. The van der Waals surface area contributed by atoms with E-state index in [-0.39, 0.29) is 22.3 Å². The van der Waals surface area contributed by atoms with Gasteiger partial charge in [-0.15, -0.1) is 0 Å². The van der Waals surface area contributed by atoms with Crippen molar-refractivity contribution in [3.8, 4) is 0 Å². The van der Waals surface area contributed by atoms with Gasteiger partial charge in [-0.1, -0.05) is 0 Å². The summed E-state index contributed by atoms with van der Waals surface area (Å²) in [6, 6.07) is 3.64. The van der Waals surface area contributed by atoms with E-state index in [0.717, 1.165) is 38.3 Å². The van der Waals surface area contributed by atoms with Crippen LogP contribution >= 0.6 is 0 Å². The zero-order valence-electron chi connectivity index (χ0n) is 15.1. The van der Waals surface area contributed by atoms with Crippen molar-refractivity contribution in [2.24, 2.45) is 5.92 Å². The predicted molar refractivity (Wildman–Crippen MR) is 96.9 cm³/mol. The van der Waals surface area contributed by atoms with Crippen LogP contribution in [-0.2, 0) is 10.0 Å². The standard InChI is InChI=1S/C18H26FN3O3S/c1-20-12-14-5-4-10-22(13-14)26(24,25)15-6-7-16(17(19)11-15)18(23)21-8-2-3-9-21/h6-7,11,14,20H,2-5,8-10,12-13H2,1H3. The molecule has 2 aliphatic rings. The van der Waals surface area contributed by atoms with Gasteiger partial charge in [0.2, 0.25) is 10.0 Å². The van der Waals surface area contributed by atoms with Crippen LogP contribution in [0.25, 0.3) is 0 Å². The van der Waals surface area contributed by atoms with E-state index in [1.807, 2.05) is 7.05 Å². The summed E-state index contributed by atoms with van der Waals surface area (Å²) in [5, 5.41) is 3.08. The molecule has 8 heteroatoms. The third kappa shape index (κ3) is 3.92. The Morgan fingerprint density at radius 1 is 1.23 bits per heavy atom. The maximum absolute atomic E-state index is 14.5. The first-order chi connectivity index (χ1) is 12.4. The molecule has 0 spiro atoms. The number of piperidine rings is 1. The largest absolute Gasteiger partial charge is 0.339 e. The summed E-state index contributed by atoms with van der Waals surface area (Å²) in [6.07, 6.45) is 3.61. The first-order valence-corrected chi connectivity index (χ1v) is 10.6. The molecule has 26 heavy (non-hydrogen) atoms. The number of sulfonamides is 1. The van der Waals surface area contributed by atoms with Gasteiger partial charge >= 0.3 is 0 Å². The number of halogens is 1. The summed E-state index contributed by atoms with van der Waals surface area (Å²) < 4.78 is 41.7. The third-order valence-electron chi connectivity index (χ3n) is 5.18. The van der Waals surface area contributed by atoms with E-state index < -0.39 is 15.8 Å². The lowest BCUT2D eigenvalue weighted by molar-refractivity contribution is 0.0788. The highest BCUT2D eigenvalue weighted by Crippen LogP contribution is 2.25. The highest BCUT2D eigenvalue weighted by Gasteiger charge is 2.31. The van der Waals surface area contributed by atoms with Crippen LogP contribution < -0.4 is 5.32 Å². The zero-order valence-corrected chi connectivity index (χ0v) is 15.9. The third-order valence-corrected chi connectivity index (χ3v) is 7.04. The van der Waals surface area contributed by atoms with Crippen molar-refractivity contribution in [1.82, 2.24) is 14.5 Å². The second-order valence-electron chi connectivity index (χ2n) is 7.07. The Labute approximate surface area is 154 Å². The lowest BCUT2D eigenvalue weighted by Crippen LogP contribution is -2.42. The molecule has 1 aromatic carbocycles. The summed E-state index contributed by atoms with van der Waals surface area (Å²) in [5.41, 5.74) is -0.0578. The number of hydrogen-bond donors (Lipinski definition) is 1. The lowest BCUT2D eigenvalue weighted by atomic mass is 10.00. The summed E-state index contributed by atoms with van der Waals surface area (Å²) in [6.45, 7) is 2.87. The van der Waals surface area contributed by atoms with E-state index >= 15 is 0 Å². The molecule has 6 nitrogen and oxygen atoms in total. The van der Waals surface area contributed by atoms with Crippen molar-refractivity contribution in [1.29, 1.82) is 0 Å². The number of nitrogens with one attached hydrogen (secondary N) is 1. The van der Waals surface area contributed by atoms with Crippen molar-refractivity contribution in [3.63, 3.8) is 0 Å². The smallest absolute Gasteiger partial charge is 0.256 e. The van der Waals surface area contributed by atoms with Gasteiger partial charge in [0.25, 0.3) is 5.91 Å². The van der Waals surface area contributed by atoms with Crippen LogP contribution in [0.2, 0.25) is 0 Å². The highest BCUT2D eigenvalue weighted by atomic mass is 32.2. The molecule has 3 rings (SSSR count). The fourth-order valence-electron chi connectivity index (χ4n) is 3.77. The molecule has 2 heterocycles. The molecule has 2 saturated heterocycles. The van der Waals surface area contributed by atoms with Gasteiger partial charge in [-0.25, -0.2) is 12.8 Å². The first-order valence-electron chi connectivity index (χ1n) is 9.17. The maximum atomic E-state index is 14.5. The topological polar surface area (TPSA) is 69.7 Å². The van der Waals surface area contributed by atoms with E-state index in [4.69, 9.17) is 0 Å². The lowest BCUT2D eigenvalue weighted by Gasteiger charge is -2.31. The molecule has 1 atom stereocenters. The van der Waals surface area contributed by atoms with E-state index in [2.05, 4.69) is 5.32 Å². The summed E-state index contributed by atoms with van der Waals surface area (Å²) in [4.78, 5) is 13.9. The quantitative estimate of drug-likeness (QED) is 0.840. The fourth-order valence-corrected chi connectivity index (χ4v) is 5.34. The average Bonchev–Trinajstić information content (AvgIpc) is 3.16. The van der Waals surface area contributed by atoms with Gasteiger partial charge in [0.1, 0.15) is 5.82 Å². The van der Waals surface area contributed by atoms with Crippen molar-refractivity contribution >= 4 is 15.9 Å². The fraction of sp³-hybridized carbons (Fsp3) is 0.611. The van der Waals surface area contributed by atoms with Crippen LogP contribution in [0.1, 0.15) is 36.0 Å². The molecule has 1 N–H and O–H groups in total. The Morgan fingerprint density at radius 3 is 2.62 bits per heavy atom. The van der Waals surface area contributed by atoms with Gasteiger partial charge < -0.3 is 10.2 Å². The van der Waals surface area contributed by atoms with Crippen LogP contribution in [0.5, 0.6) is 0 Å². The molecule has 0 radical (unpaired) electrons. The van der Waals surface area contributed by atoms with Crippen LogP contribution in [0.4, 0.5) is 4.39 Å². The van der Waals surface area contributed by atoms with Crippen molar-refractivity contribution in [2.45, 2.75) is 30.6 Å². The number of rotatable bonds is 5.